The van der Waals surface area contributed by atoms with Crippen LogP contribution in [0.25, 0.3) is 0 Å². The topological polar surface area (TPSA) is 0 Å². The highest BCUT2D eigenvalue weighted by atomic mass is 14.4. The van der Waals surface area contributed by atoms with Crippen molar-refractivity contribution in [3.8, 4) is 0 Å². The molecule has 0 aromatic carbocycles. The van der Waals surface area contributed by atoms with E-state index < -0.39 is 0 Å². The zero-order valence-electron chi connectivity index (χ0n) is 11.5. The molecule has 2 saturated carbocycles. The van der Waals surface area contributed by atoms with Gasteiger partial charge in [-0.25, -0.2) is 0 Å². The highest BCUT2D eigenvalue weighted by Gasteiger charge is 2.32. The van der Waals surface area contributed by atoms with Crippen molar-refractivity contribution in [1.82, 2.24) is 0 Å². The predicted octanol–water partition coefficient (Wildman–Crippen LogP) is 5.28. The van der Waals surface area contributed by atoms with Gasteiger partial charge in [-0.3, -0.25) is 0 Å². The normalized spacial score (nSPS) is 42.9. The van der Waals surface area contributed by atoms with E-state index in [9.17, 15) is 0 Å². The van der Waals surface area contributed by atoms with Crippen LogP contribution in [0.1, 0.15) is 72.1 Å². The van der Waals surface area contributed by atoms with Crippen LogP contribution in [0.5, 0.6) is 0 Å². The molecule has 0 aliphatic heterocycles. The molecule has 0 spiro atoms. The molecular weight excluding hydrogens is 192 g/mol. The van der Waals surface area contributed by atoms with Gasteiger partial charge >= 0.3 is 0 Å². The van der Waals surface area contributed by atoms with Gasteiger partial charge in [-0.2, -0.15) is 0 Å². The van der Waals surface area contributed by atoms with Crippen LogP contribution < -0.4 is 0 Å². The van der Waals surface area contributed by atoms with E-state index in [4.69, 9.17) is 0 Å². The van der Waals surface area contributed by atoms with Gasteiger partial charge in [-0.05, 0) is 42.4 Å². The van der Waals surface area contributed by atoms with Gasteiger partial charge in [0.25, 0.3) is 0 Å². The summed E-state index contributed by atoms with van der Waals surface area (Å²) in [5, 5.41) is 0. The molecule has 0 heteroatoms. The Hall–Kier alpha value is 0. The van der Waals surface area contributed by atoms with Gasteiger partial charge in [0.05, 0.1) is 0 Å². The zero-order valence-corrected chi connectivity index (χ0v) is 11.5. The van der Waals surface area contributed by atoms with E-state index in [1.807, 2.05) is 0 Å². The molecule has 0 heterocycles. The highest BCUT2D eigenvalue weighted by Crippen LogP contribution is 2.43. The maximum Gasteiger partial charge on any atom is -0.0360 e. The number of hydrogen-bond donors (Lipinski definition) is 0. The van der Waals surface area contributed by atoms with Crippen molar-refractivity contribution >= 4 is 0 Å². The lowest BCUT2D eigenvalue weighted by Gasteiger charge is -2.40. The molecule has 0 bridgehead atoms. The Morgan fingerprint density at radius 3 is 2.31 bits per heavy atom. The van der Waals surface area contributed by atoms with Crippen molar-refractivity contribution in [2.45, 2.75) is 72.1 Å². The van der Waals surface area contributed by atoms with E-state index in [2.05, 4.69) is 20.8 Å². The molecule has 5 atom stereocenters. The third-order valence-electron chi connectivity index (χ3n) is 5.57. The van der Waals surface area contributed by atoms with E-state index in [0.29, 0.717) is 0 Å². The molecule has 0 radical (unpaired) electrons. The van der Waals surface area contributed by atoms with Crippen LogP contribution in [0.3, 0.4) is 0 Å². The average molecular weight is 222 g/mol. The Balaban J connectivity index is 1.91. The molecule has 0 aromatic heterocycles. The van der Waals surface area contributed by atoms with E-state index in [1.165, 1.54) is 51.4 Å². The Morgan fingerprint density at radius 2 is 1.62 bits per heavy atom. The highest BCUT2D eigenvalue weighted by molar-refractivity contribution is 4.83. The summed E-state index contributed by atoms with van der Waals surface area (Å²) in [5.41, 5.74) is 0. The molecule has 0 saturated heterocycles. The summed E-state index contributed by atoms with van der Waals surface area (Å²) < 4.78 is 0. The van der Waals surface area contributed by atoms with Gasteiger partial charge in [0.2, 0.25) is 0 Å². The lowest BCUT2D eigenvalue weighted by molar-refractivity contribution is 0.102. The Bertz CT molecular complexity index is 208. The minimum absolute atomic E-state index is 0.998. The van der Waals surface area contributed by atoms with Crippen LogP contribution in [0.2, 0.25) is 0 Å². The number of rotatable bonds is 2. The summed E-state index contributed by atoms with van der Waals surface area (Å²) in [7, 11) is 0. The van der Waals surface area contributed by atoms with Crippen molar-refractivity contribution in [3.63, 3.8) is 0 Å². The summed E-state index contributed by atoms with van der Waals surface area (Å²) in [5.74, 6) is 5.09. The molecule has 0 aromatic rings. The van der Waals surface area contributed by atoms with Crippen LogP contribution in [0.15, 0.2) is 0 Å². The largest absolute Gasteiger partial charge is 0.0625 e. The first-order valence-electron chi connectivity index (χ1n) is 7.68. The smallest absolute Gasteiger partial charge is 0.0360 e. The summed E-state index contributed by atoms with van der Waals surface area (Å²) in [6, 6.07) is 0. The maximum atomic E-state index is 2.56. The van der Waals surface area contributed by atoms with E-state index in [0.717, 1.165) is 29.6 Å². The lowest BCUT2D eigenvalue weighted by Crippen LogP contribution is -2.31. The predicted molar refractivity (Wildman–Crippen MR) is 71.4 cm³/mol. The molecule has 2 aliphatic rings. The Kier molecular flexibility index (Phi) is 4.33. The molecule has 0 nitrogen and oxygen atoms in total. The molecule has 0 amide bonds. The van der Waals surface area contributed by atoms with Gasteiger partial charge in [-0.15, -0.1) is 0 Å². The molecular formula is C16H30. The third-order valence-corrected chi connectivity index (χ3v) is 5.57. The van der Waals surface area contributed by atoms with Gasteiger partial charge in [0, 0.05) is 0 Å². The summed E-state index contributed by atoms with van der Waals surface area (Å²) in [6.07, 6.45) is 12.0. The van der Waals surface area contributed by atoms with E-state index in [-0.39, 0.29) is 0 Å². The first-order valence-corrected chi connectivity index (χ1v) is 7.68. The average Bonchev–Trinajstić information content (AvgIpc) is 2.29. The number of hydrogen-bond acceptors (Lipinski definition) is 0. The molecule has 2 rings (SSSR count). The first kappa shape index (κ1) is 12.5. The minimum Gasteiger partial charge on any atom is -0.0625 e. The van der Waals surface area contributed by atoms with Crippen molar-refractivity contribution < 1.29 is 0 Å². The monoisotopic (exact) mass is 222 g/mol. The van der Waals surface area contributed by atoms with Crippen LogP contribution in [-0.2, 0) is 0 Å². The molecule has 94 valence electrons. The van der Waals surface area contributed by atoms with E-state index >= 15 is 0 Å². The lowest BCUT2D eigenvalue weighted by atomic mass is 9.65. The van der Waals surface area contributed by atoms with Crippen LogP contribution in [0.4, 0.5) is 0 Å². The molecule has 5 unspecified atom stereocenters. The SMILES string of the molecule is CC1CCCC(C(C)C2CCCCC2C)C1. The van der Waals surface area contributed by atoms with Crippen molar-refractivity contribution in [3.05, 3.63) is 0 Å². The molecule has 16 heavy (non-hydrogen) atoms. The van der Waals surface area contributed by atoms with Crippen molar-refractivity contribution in [1.29, 1.82) is 0 Å². The first-order chi connectivity index (χ1) is 7.68. The van der Waals surface area contributed by atoms with Gasteiger partial charge < -0.3 is 0 Å². The summed E-state index contributed by atoms with van der Waals surface area (Å²) in [4.78, 5) is 0. The van der Waals surface area contributed by atoms with Gasteiger partial charge in [0.15, 0.2) is 0 Å². The Labute approximate surface area is 102 Å². The van der Waals surface area contributed by atoms with Crippen molar-refractivity contribution in [2.75, 3.05) is 0 Å². The van der Waals surface area contributed by atoms with Crippen LogP contribution >= 0.6 is 0 Å². The summed E-state index contributed by atoms with van der Waals surface area (Å²) in [6.45, 7) is 7.53. The third kappa shape index (κ3) is 2.81. The minimum atomic E-state index is 0.998. The standard InChI is InChI=1S/C16H30/c1-12-7-6-9-15(11-12)14(3)16-10-5-4-8-13(16)2/h12-16H,4-11H2,1-3H3. The fraction of sp³-hybridized carbons (Fsp3) is 1.00. The zero-order chi connectivity index (χ0) is 11.5. The van der Waals surface area contributed by atoms with Gasteiger partial charge in [0.1, 0.15) is 0 Å². The quantitative estimate of drug-likeness (QED) is 0.596. The second kappa shape index (κ2) is 5.56. The second-order valence-corrected chi connectivity index (χ2v) is 6.82. The van der Waals surface area contributed by atoms with Crippen molar-refractivity contribution in [2.24, 2.45) is 29.6 Å². The van der Waals surface area contributed by atoms with Crippen LogP contribution in [0, 0.1) is 29.6 Å². The van der Waals surface area contributed by atoms with Gasteiger partial charge in [-0.1, -0.05) is 59.3 Å². The molecule has 0 N–H and O–H groups in total. The molecule has 2 fully saturated rings. The second-order valence-electron chi connectivity index (χ2n) is 6.82. The fourth-order valence-electron chi connectivity index (χ4n) is 4.43. The molecule has 2 aliphatic carbocycles. The fourth-order valence-corrected chi connectivity index (χ4v) is 4.43. The Morgan fingerprint density at radius 1 is 0.875 bits per heavy atom. The van der Waals surface area contributed by atoms with E-state index in [1.54, 1.807) is 0 Å². The van der Waals surface area contributed by atoms with Crippen LogP contribution in [-0.4, -0.2) is 0 Å². The summed E-state index contributed by atoms with van der Waals surface area (Å²) >= 11 is 0. The maximum absolute atomic E-state index is 2.56.